The average Bonchev–Trinajstić information content (AvgIpc) is 2.41. The van der Waals surface area contributed by atoms with Gasteiger partial charge in [0.1, 0.15) is 17.9 Å². The van der Waals surface area contributed by atoms with Crippen LogP contribution in [0.5, 0.6) is 5.75 Å². The van der Waals surface area contributed by atoms with Crippen LogP contribution in [0.1, 0.15) is 31.4 Å². The number of rotatable bonds is 7. The van der Waals surface area contributed by atoms with Gasteiger partial charge >= 0.3 is 5.97 Å². The Morgan fingerprint density at radius 1 is 1.25 bits per heavy atom. The van der Waals surface area contributed by atoms with Gasteiger partial charge in [-0.2, -0.15) is 0 Å². The van der Waals surface area contributed by atoms with Crippen molar-refractivity contribution in [3.63, 3.8) is 0 Å². The number of carbonyl (C=O) groups excluding carboxylic acids is 1. The first kappa shape index (κ1) is 16.5. The second-order valence-electron chi connectivity index (χ2n) is 5.36. The Bertz CT molecular complexity index is 439. The summed E-state index contributed by atoms with van der Waals surface area (Å²) in [4.78, 5) is 11.9. The van der Waals surface area contributed by atoms with Crippen molar-refractivity contribution in [3.05, 3.63) is 29.3 Å². The summed E-state index contributed by atoms with van der Waals surface area (Å²) >= 11 is 0. The molecule has 0 saturated heterocycles. The van der Waals surface area contributed by atoms with Gasteiger partial charge in [-0.15, -0.1) is 0 Å². The van der Waals surface area contributed by atoms with Gasteiger partial charge in [0.05, 0.1) is 7.11 Å². The summed E-state index contributed by atoms with van der Waals surface area (Å²) in [6.45, 7) is 8.88. The lowest BCUT2D eigenvalue weighted by Gasteiger charge is -2.28. The zero-order valence-electron chi connectivity index (χ0n) is 13.1. The minimum absolute atomic E-state index is 0.239. The lowest BCUT2D eigenvalue weighted by atomic mass is 10.0. The minimum atomic E-state index is -0.831. The lowest BCUT2D eigenvalue weighted by molar-refractivity contribution is -0.149. The lowest BCUT2D eigenvalue weighted by Crippen LogP contribution is -2.54. The van der Waals surface area contributed by atoms with E-state index in [4.69, 9.17) is 9.47 Å². The summed E-state index contributed by atoms with van der Waals surface area (Å²) in [5, 5.41) is 3.20. The Morgan fingerprint density at radius 2 is 1.85 bits per heavy atom. The van der Waals surface area contributed by atoms with E-state index in [1.165, 1.54) is 7.11 Å². The van der Waals surface area contributed by atoms with E-state index in [9.17, 15) is 4.79 Å². The molecule has 1 rings (SSSR count). The molecule has 0 fully saturated rings. The molecule has 4 nitrogen and oxygen atoms in total. The van der Waals surface area contributed by atoms with Crippen molar-refractivity contribution >= 4 is 5.97 Å². The number of benzene rings is 1. The minimum Gasteiger partial charge on any atom is -0.491 e. The molecule has 0 saturated carbocycles. The molecule has 0 spiro atoms. The molecule has 0 amide bonds. The van der Waals surface area contributed by atoms with Crippen LogP contribution in [0.4, 0.5) is 0 Å². The standard InChI is InChI=1S/C16H25NO3/c1-6-7-17-16(4,15(18)19-5)11-20-14-9-12(2)8-13(3)10-14/h8-10,17H,6-7,11H2,1-5H3. The van der Waals surface area contributed by atoms with Crippen molar-refractivity contribution in [2.45, 2.75) is 39.7 Å². The Labute approximate surface area is 121 Å². The molecule has 112 valence electrons. The molecule has 1 aromatic carbocycles. The topological polar surface area (TPSA) is 47.6 Å². The van der Waals surface area contributed by atoms with E-state index in [-0.39, 0.29) is 12.6 Å². The molecule has 1 aromatic rings. The molecule has 20 heavy (non-hydrogen) atoms. The molecule has 1 atom stereocenters. The van der Waals surface area contributed by atoms with Gasteiger partial charge in [0, 0.05) is 0 Å². The van der Waals surface area contributed by atoms with Crippen LogP contribution in [0.2, 0.25) is 0 Å². The number of carbonyl (C=O) groups is 1. The highest BCUT2D eigenvalue weighted by atomic mass is 16.5. The maximum absolute atomic E-state index is 11.9. The molecule has 0 radical (unpaired) electrons. The van der Waals surface area contributed by atoms with Crippen molar-refractivity contribution in [1.82, 2.24) is 5.32 Å². The van der Waals surface area contributed by atoms with Crippen molar-refractivity contribution < 1.29 is 14.3 Å². The molecular weight excluding hydrogens is 254 g/mol. The van der Waals surface area contributed by atoms with Gasteiger partial charge in [-0.25, -0.2) is 4.79 Å². The van der Waals surface area contributed by atoms with Crippen molar-refractivity contribution in [3.8, 4) is 5.75 Å². The van der Waals surface area contributed by atoms with Crippen molar-refractivity contribution in [1.29, 1.82) is 0 Å². The molecule has 1 unspecified atom stereocenters. The zero-order valence-corrected chi connectivity index (χ0v) is 13.1. The van der Waals surface area contributed by atoms with E-state index in [0.29, 0.717) is 0 Å². The zero-order chi connectivity index (χ0) is 15.2. The number of aryl methyl sites for hydroxylation is 2. The first-order chi connectivity index (χ1) is 9.41. The van der Waals surface area contributed by atoms with E-state index in [1.807, 2.05) is 26.0 Å². The molecule has 0 heterocycles. The average molecular weight is 279 g/mol. The fourth-order valence-corrected chi connectivity index (χ4v) is 2.05. The summed E-state index contributed by atoms with van der Waals surface area (Å²) in [7, 11) is 1.39. The molecule has 0 bridgehead atoms. The highest BCUT2D eigenvalue weighted by Gasteiger charge is 2.34. The van der Waals surface area contributed by atoms with Gasteiger partial charge in [0.25, 0.3) is 0 Å². The molecule has 0 aliphatic rings. The molecule has 0 aromatic heterocycles. The predicted octanol–water partition coefficient (Wildman–Crippen LogP) is 2.61. The summed E-state index contributed by atoms with van der Waals surface area (Å²) in [6, 6.07) is 6.01. The summed E-state index contributed by atoms with van der Waals surface area (Å²) in [6.07, 6.45) is 0.941. The quantitative estimate of drug-likeness (QED) is 0.779. The first-order valence-corrected chi connectivity index (χ1v) is 6.96. The molecule has 1 N–H and O–H groups in total. The number of hydrogen-bond acceptors (Lipinski definition) is 4. The van der Waals surface area contributed by atoms with E-state index < -0.39 is 5.54 Å². The highest BCUT2D eigenvalue weighted by Crippen LogP contribution is 2.18. The van der Waals surface area contributed by atoms with Gasteiger partial charge in [0.15, 0.2) is 0 Å². The fraction of sp³-hybridized carbons (Fsp3) is 0.562. The van der Waals surface area contributed by atoms with Crippen LogP contribution in [-0.2, 0) is 9.53 Å². The van der Waals surface area contributed by atoms with Crippen LogP contribution in [0.3, 0.4) is 0 Å². The van der Waals surface area contributed by atoms with E-state index in [0.717, 1.165) is 29.8 Å². The van der Waals surface area contributed by atoms with E-state index >= 15 is 0 Å². The SMILES string of the molecule is CCCNC(C)(COc1cc(C)cc(C)c1)C(=O)OC. The highest BCUT2D eigenvalue weighted by molar-refractivity contribution is 5.80. The third kappa shape index (κ3) is 4.53. The first-order valence-electron chi connectivity index (χ1n) is 6.96. The molecular formula is C16H25NO3. The summed E-state index contributed by atoms with van der Waals surface area (Å²) < 4.78 is 10.7. The van der Waals surface area contributed by atoms with Crippen LogP contribution in [0.25, 0.3) is 0 Å². The fourth-order valence-electron chi connectivity index (χ4n) is 2.05. The maximum atomic E-state index is 11.9. The molecule has 4 heteroatoms. The normalized spacial score (nSPS) is 13.7. The molecule has 0 aliphatic heterocycles. The smallest absolute Gasteiger partial charge is 0.329 e. The Balaban J connectivity index is 2.77. The third-order valence-corrected chi connectivity index (χ3v) is 3.12. The van der Waals surface area contributed by atoms with E-state index in [2.05, 4.69) is 18.3 Å². The Kier molecular flexibility index (Phi) is 6.02. The van der Waals surface area contributed by atoms with Gasteiger partial charge in [-0.05, 0) is 57.0 Å². The second-order valence-corrected chi connectivity index (χ2v) is 5.36. The van der Waals surface area contributed by atoms with Crippen LogP contribution in [0.15, 0.2) is 18.2 Å². The summed E-state index contributed by atoms with van der Waals surface area (Å²) in [5.41, 5.74) is 1.45. The third-order valence-electron chi connectivity index (χ3n) is 3.12. The van der Waals surface area contributed by atoms with Crippen LogP contribution >= 0.6 is 0 Å². The van der Waals surface area contributed by atoms with Crippen LogP contribution in [0, 0.1) is 13.8 Å². The Morgan fingerprint density at radius 3 is 2.35 bits per heavy atom. The largest absolute Gasteiger partial charge is 0.491 e. The number of nitrogens with one attached hydrogen (secondary N) is 1. The van der Waals surface area contributed by atoms with Gasteiger partial charge in [0.2, 0.25) is 0 Å². The summed E-state index contributed by atoms with van der Waals surface area (Å²) in [5.74, 6) is 0.464. The van der Waals surface area contributed by atoms with E-state index in [1.54, 1.807) is 6.92 Å². The van der Waals surface area contributed by atoms with Gasteiger partial charge in [-0.1, -0.05) is 13.0 Å². The predicted molar refractivity (Wildman–Crippen MR) is 80.1 cm³/mol. The number of ether oxygens (including phenoxy) is 2. The van der Waals surface area contributed by atoms with Crippen LogP contribution in [-0.4, -0.2) is 31.8 Å². The number of esters is 1. The molecule has 0 aliphatic carbocycles. The van der Waals surface area contributed by atoms with Gasteiger partial charge < -0.3 is 9.47 Å². The van der Waals surface area contributed by atoms with Crippen molar-refractivity contribution in [2.24, 2.45) is 0 Å². The second kappa shape index (κ2) is 7.29. The Hall–Kier alpha value is -1.55. The maximum Gasteiger partial charge on any atom is 0.329 e. The number of hydrogen-bond donors (Lipinski definition) is 1. The van der Waals surface area contributed by atoms with Crippen LogP contribution < -0.4 is 10.1 Å². The van der Waals surface area contributed by atoms with Gasteiger partial charge in [-0.3, -0.25) is 5.32 Å². The number of methoxy groups -OCH3 is 1. The monoisotopic (exact) mass is 279 g/mol. The van der Waals surface area contributed by atoms with Crippen molar-refractivity contribution in [2.75, 3.05) is 20.3 Å².